The van der Waals surface area contributed by atoms with Crippen LogP contribution in [0.15, 0.2) is 0 Å². The fraction of sp³-hybridized carbons (Fsp3) is 1.00. The van der Waals surface area contributed by atoms with Crippen molar-refractivity contribution in [2.45, 2.75) is 52.4 Å². The minimum absolute atomic E-state index is 0.944. The van der Waals surface area contributed by atoms with Crippen LogP contribution >= 0.6 is 0 Å². The van der Waals surface area contributed by atoms with Gasteiger partial charge >= 0.3 is 0 Å². The van der Waals surface area contributed by atoms with Crippen LogP contribution < -0.4 is 0 Å². The zero-order chi connectivity index (χ0) is 8.74. The average Bonchev–Trinajstić information content (AvgIpc) is 1.90. The van der Waals surface area contributed by atoms with Crippen molar-refractivity contribution in [1.82, 2.24) is 0 Å². The first-order valence-electron chi connectivity index (χ1n) is 4.86. The highest BCUT2D eigenvalue weighted by atomic mass is 16.2. The Balaban J connectivity index is 0.000000222. The lowest BCUT2D eigenvalue weighted by Gasteiger charge is -2.49. The SMILES string of the molecule is C1CC2(C1)CCC2.CC.CO. The van der Waals surface area contributed by atoms with E-state index in [-0.39, 0.29) is 0 Å². The second-order valence-electron chi connectivity index (χ2n) is 3.21. The Morgan fingerprint density at radius 2 is 1.09 bits per heavy atom. The lowest BCUT2D eigenvalue weighted by molar-refractivity contribution is 0.0314. The van der Waals surface area contributed by atoms with Gasteiger partial charge in [-0.15, -0.1) is 0 Å². The van der Waals surface area contributed by atoms with Crippen LogP contribution in [0.5, 0.6) is 0 Å². The molecule has 0 radical (unpaired) electrons. The van der Waals surface area contributed by atoms with Crippen LogP contribution in [-0.2, 0) is 0 Å². The molecule has 68 valence electrons. The molecule has 1 N–H and O–H groups in total. The molecule has 0 bridgehead atoms. The summed E-state index contributed by atoms with van der Waals surface area (Å²) in [5.74, 6) is 0. The van der Waals surface area contributed by atoms with Gasteiger partial charge in [0.25, 0.3) is 0 Å². The average molecular weight is 158 g/mol. The predicted octanol–water partition coefficient (Wildman–Crippen LogP) is 2.98. The van der Waals surface area contributed by atoms with Gasteiger partial charge in [-0.2, -0.15) is 0 Å². The number of hydrogen-bond acceptors (Lipinski definition) is 1. The van der Waals surface area contributed by atoms with Crippen molar-refractivity contribution in [1.29, 1.82) is 0 Å². The van der Waals surface area contributed by atoms with E-state index in [2.05, 4.69) is 0 Å². The second kappa shape index (κ2) is 5.59. The quantitative estimate of drug-likeness (QED) is 0.574. The van der Waals surface area contributed by atoms with Crippen LogP contribution in [-0.4, -0.2) is 12.2 Å². The van der Waals surface area contributed by atoms with Crippen molar-refractivity contribution in [2.24, 2.45) is 5.41 Å². The summed E-state index contributed by atoms with van der Waals surface area (Å²) in [6, 6.07) is 0. The molecular weight excluding hydrogens is 136 g/mol. The van der Waals surface area contributed by atoms with E-state index in [9.17, 15) is 0 Å². The van der Waals surface area contributed by atoms with E-state index in [1.807, 2.05) is 13.8 Å². The molecule has 1 spiro atoms. The molecule has 2 fully saturated rings. The summed E-state index contributed by atoms with van der Waals surface area (Å²) in [6.45, 7) is 4.00. The first-order chi connectivity index (χ1) is 5.41. The molecule has 2 rings (SSSR count). The highest BCUT2D eigenvalue weighted by Gasteiger charge is 2.41. The molecule has 2 aliphatic rings. The summed E-state index contributed by atoms with van der Waals surface area (Å²) >= 11 is 0. The van der Waals surface area contributed by atoms with Crippen LogP contribution in [0.25, 0.3) is 0 Å². The summed E-state index contributed by atoms with van der Waals surface area (Å²) < 4.78 is 0. The van der Waals surface area contributed by atoms with Crippen molar-refractivity contribution in [3.63, 3.8) is 0 Å². The van der Waals surface area contributed by atoms with Gasteiger partial charge < -0.3 is 5.11 Å². The molecule has 0 atom stereocenters. The van der Waals surface area contributed by atoms with Crippen molar-refractivity contribution >= 4 is 0 Å². The number of aliphatic hydroxyl groups is 1. The smallest absolute Gasteiger partial charge is 0.0319 e. The number of rotatable bonds is 0. The second-order valence-corrected chi connectivity index (χ2v) is 3.21. The van der Waals surface area contributed by atoms with Gasteiger partial charge in [0, 0.05) is 7.11 Å². The largest absolute Gasteiger partial charge is 0.400 e. The Bertz CT molecular complexity index is 65.4. The van der Waals surface area contributed by atoms with E-state index in [0.717, 1.165) is 12.5 Å². The number of aliphatic hydroxyl groups excluding tert-OH is 1. The topological polar surface area (TPSA) is 20.2 Å². The van der Waals surface area contributed by atoms with Gasteiger partial charge in [-0.25, -0.2) is 0 Å². The molecule has 2 saturated carbocycles. The summed E-state index contributed by atoms with van der Waals surface area (Å²) in [5.41, 5.74) is 0.944. The van der Waals surface area contributed by atoms with Gasteiger partial charge in [0.15, 0.2) is 0 Å². The summed E-state index contributed by atoms with van der Waals surface area (Å²) in [7, 11) is 1.00. The van der Waals surface area contributed by atoms with Crippen LogP contribution in [0.1, 0.15) is 52.4 Å². The van der Waals surface area contributed by atoms with E-state index in [1.54, 1.807) is 25.7 Å². The third kappa shape index (κ3) is 2.48. The molecule has 0 heterocycles. The van der Waals surface area contributed by atoms with Gasteiger partial charge in [0.05, 0.1) is 0 Å². The summed E-state index contributed by atoms with van der Waals surface area (Å²) in [5, 5.41) is 7.00. The molecule has 0 aromatic rings. The van der Waals surface area contributed by atoms with E-state index in [4.69, 9.17) is 5.11 Å². The van der Waals surface area contributed by atoms with Crippen molar-refractivity contribution in [2.75, 3.05) is 7.11 Å². The third-order valence-electron chi connectivity index (χ3n) is 2.83. The molecule has 0 unspecified atom stereocenters. The lowest BCUT2D eigenvalue weighted by Crippen LogP contribution is -2.35. The van der Waals surface area contributed by atoms with E-state index in [0.29, 0.717) is 0 Å². The first kappa shape index (κ1) is 11.0. The molecule has 11 heavy (non-hydrogen) atoms. The fourth-order valence-corrected chi connectivity index (χ4v) is 1.85. The van der Waals surface area contributed by atoms with Crippen LogP contribution in [0.3, 0.4) is 0 Å². The van der Waals surface area contributed by atoms with E-state index >= 15 is 0 Å². The monoisotopic (exact) mass is 158 g/mol. The maximum absolute atomic E-state index is 7.00. The molecule has 0 aromatic heterocycles. The van der Waals surface area contributed by atoms with Crippen LogP contribution in [0, 0.1) is 5.41 Å². The third-order valence-corrected chi connectivity index (χ3v) is 2.83. The highest BCUT2D eigenvalue weighted by Crippen LogP contribution is 2.55. The van der Waals surface area contributed by atoms with Gasteiger partial charge in [-0.05, 0) is 31.1 Å². The minimum atomic E-state index is 0.944. The molecule has 1 nitrogen and oxygen atoms in total. The van der Waals surface area contributed by atoms with E-state index in [1.165, 1.54) is 12.8 Å². The van der Waals surface area contributed by atoms with E-state index < -0.39 is 0 Å². The highest BCUT2D eigenvalue weighted by molar-refractivity contribution is 4.93. The molecule has 2 aliphatic carbocycles. The first-order valence-corrected chi connectivity index (χ1v) is 4.86. The predicted molar refractivity (Wildman–Crippen MR) is 49.6 cm³/mol. The summed E-state index contributed by atoms with van der Waals surface area (Å²) in [6.07, 6.45) is 9.31. The van der Waals surface area contributed by atoms with Crippen LogP contribution in [0.2, 0.25) is 0 Å². The Kier molecular flexibility index (Phi) is 5.57. The molecule has 0 aliphatic heterocycles. The minimum Gasteiger partial charge on any atom is -0.400 e. The van der Waals surface area contributed by atoms with Crippen molar-refractivity contribution in [3.8, 4) is 0 Å². The molecule has 0 saturated heterocycles. The van der Waals surface area contributed by atoms with Crippen molar-refractivity contribution in [3.05, 3.63) is 0 Å². The standard InChI is InChI=1S/C7H12.C2H6.CH4O/c1-3-7(4-1)5-2-6-7;2*1-2/h1-6H2;1-2H3;2H,1H3. The summed E-state index contributed by atoms with van der Waals surface area (Å²) in [4.78, 5) is 0. The molecule has 0 aromatic carbocycles. The van der Waals surface area contributed by atoms with Gasteiger partial charge in [-0.3, -0.25) is 0 Å². The maximum atomic E-state index is 7.00. The zero-order valence-electron chi connectivity index (χ0n) is 8.19. The fourth-order valence-electron chi connectivity index (χ4n) is 1.85. The Labute approximate surface area is 70.8 Å². The Morgan fingerprint density at radius 3 is 1.09 bits per heavy atom. The molecule has 1 heteroatoms. The van der Waals surface area contributed by atoms with Gasteiger partial charge in [-0.1, -0.05) is 26.7 Å². The maximum Gasteiger partial charge on any atom is 0.0319 e. The lowest BCUT2D eigenvalue weighted by atomic mass is 9.56. The van der Waals surface area contributed by atoms with Crippen molar-refractivity contribution < 1.29 is 5.11 Å². The van der Waals surface area contributed by atoms with Gasteiger partial charge in [0.2, 0.25) is 0 Å². The zero-order valence-corrected chi connectivity index (χ0v) is 8.19. The van der Waals surface area contributed by atoms with Gasteiger partial charge in [0.1, 0.15) is 0 Å². The Hall–Kier alpha value is -0.0400. The molecule has 0 amide bonds. The Morgan fingerprint density at radius 1 is 0.818 bits per heavy atom. The normalized spacial score (nSPS) is 22.9. The van der Waals surface area contributed by atoms with Crippen LogP contribution in [0.4, 0.5) is 0 Å². The molecular formula is C10H22O. The number of hydrogen-bond donors (Lipinski definition) is 1.